The van der Waals surface area contributed by atoms with Gasteiger partial charge in [0.2, 0.25) is 0 Å². The lowest BCUT2D eigenvalue weighted by Crippen LogP contribution is -2.22. The van der Waals surface area contributed by atoms with Crippen LogP contribution in [0.4, 0.5) is 0 Å². The maximum atomic E-state index is 5.89. The summed E-state index contributed by atoms with van der Waals surface area (Å²) in [4.78, 5) is 2.46. The Morgan fingerprint density at radius 1 is 1.30 bits per heavy atom. The molecular weight excluding hydrogens is 248 g/mol. The first-order valence-electron chi connectivity index (χ1n) is 7.83. The molecule has 2 atom stereocenters. The van der Waals surface area contributed by atoms with Crippen LogP contribution in [-0.4, -0.2) is 32.1 Å². The van der Waals surface area contributed by atoms with Crippen LogP contribution >= 0.6 is 0 Å². The van der Waals surface area contributed by atoms with E-state index in [4.69, 9.17) is 10.5 Å². The lowest BCUT2D eigenvalue weighted by Gasteiger charge is -2.28. The van der Waals surface area contributed by atoms with Crippen molar-refractivity contribution in [3.05, 3.63) is 28.8 Å². The van der Waals surface area contributed by atoms with Gasteiger partial charge < -0.3 is 10.5 Å². The zero-order chi connectivity index (χ0) is 14.1. The lowest BCUT2D eigenvalue weighted by molar-refractivity contribution is 0.300. The van der Waals surface area contributed by atoms with Gasteiger partial charge in [-0.3, -0.25) is 4.90 Å². The molecule has 20 heavy (non-hydrogen) atoms. The van der Waals surface area contributed by atoms with Crippen molar-refractivity contribution < 1.29 is 4.74 Å². The molecule has 0 radical (unpaired) electrons. The fraction of sp³-hybridized carbons (Fsp3) is 0.647. The molecule has 1 aromatic rings. The molecule has 3 heteroatoms. The first-order chi connectivity index (χ1) is 9.74. The van der Waals surface area contributed by atoms with Crippen molar-refractivity contribution >= 4 is 0 Å². The number of methoxy groups -OCH3 is 1. The van der Waals surface area contributed by atoms with Crippen molar-refractivity contribution in [2.75, 3.05) is 27.2 Å². The average molecular weight is 274 g/mol. The number of nitrogens with two attached hydrogens (primary N) is 1. The Bertz CT molecular complexity index is 486. The number of hydrogen-bond acceptors (Lipinski definition) is 3. The Balaban J connectivity index is 2.02. The van der Waals surface area contributed by atoms with Gasteiger partial charge in [0.05, 0.1) is 7.11 Å². The van der Waals surface area contributed by atoms with Crippen LogP contribution in [-0.2, 0) is 12.8 Å². The van der Waals surface area contributed by atoms with E-state index in [0.29, 0.717) is 12.0 Å². The average Bonchev–Trinajstić information content (AvgIpc) is 2.86. The van der Waals surface area contributed by atoms with E-state index in [1.807, 2.05) is 0 Å². The molecule has 0 saturated carbocycles. The van der Waals surface area contributed by atoms with Crippen molar-refractivity contribution in [3.8, 4) is 5.75 Å². The summed E-state index contributed by atoms with van der Waals surface area (Å²) in [6, 6.07) is 4.92. The van der Waals surface area contributed by atoms with Gasteiger partial charge in [0.1, 0.15) is 5.75 Å². The van der Waals surface area contributed by atoms with Gasteiger partial charge in [-0.25, -0.2) is 0 Å². The highest BCUT2D eigenvalue weighted by molar-refractivity contribution is 5.48. The third-order valence-electron chi connectivity index (χ3n) is 5.06. The van der Waals surface area contributed by atoms with Gasteiger partial charge in [-0.15, -0.1) is 0 Å². The lowest BCUT2D eigenvalue weighted by atomic mass is 9.84. The molecule has 110 valence electrons. The Morgan fingerprint density at radius 2 is 2.10 bits per heavy atom. The smallest absolute Gasteiger partial charge is 0.123 e. The highest BCUT2D eigenvalue weighted by atomic mass is 16.5. The number of hydrogen-bond donors (Lipinski definition) is 1. The molecule has 1 aromatic carbocycles. The third-order valence-corrected chi connectivity index (χ3v) is 5.06. The van der Waals surface area contributed by atoms with Crippen molar-refractivity contribution in [3.63, 3.8) is 0 Å². The van der Waals surface area contributed by atoms with E-state index in [-0.39, 0.29) is 0 Å². The van der Waals surface area contributed by atoms with Crippen LogP contribution < -0.4 is 10.5 Å². The van der Waals surface area contributed by atoms with Gasteiger partial charge in [-0.2, -0.15) is 0 Å². The second-order valence-electron chi connectivity index (χ2n) is 6.32. The van der Waals surface area contributed by atoms with Crippen molar-refractivity contribution in [1.82, 2.24) is 4.90 Å². The number of rotatable bonds is 3. The normalized spacial score (nSPS) is 26.6. The Hall–Kier alpha value is -1.06. The number of likely N-dealkylation sites (tertiary alicyclic amines) is 1. The monoisotopic (exact) mass is 274 g/mol. The van der Waals surface area contributed by atoms with E-state index in [9.17, 15) is 0 Å². The second-order valence-corrected chi connectivity index (χ2v) is 6.32. The molecule has 0 aromatic heterocycles. The van der Waals surface area contributed by atoms with E-state index in [0.717, 1.165) is 18.8 Å². The maximum absolute atomic E-state index is 5.89. The van der Waals surface area contributed by atoms with Gasteiger partial charge in [-0.1, -0.05) is 6.07 Å². The van der Waals surface area contributed by atoms with Gasteiger partial charge in [0.15, 0.2) is 0 Å². The molecule has 0 bridgehead atoms. The summed E-state index contributed by atoms with van der Waals surface area (Å²) in [5.74, 6) is 1.69. The molecule has 3 rings (SSSR count). The summed E-state index contributed by atoms with van der Waals surface area (Å²) in [6.07, 6.45) is 6.23. The number of ether oxygens (including phenoxy) is 1. The topological polar surface area (TPSA) is 38.5 Å². The molecule has 0 spiro atoms. The van der Waals surface area contributed by atoms with Crippen LogP contribution in [0.1, 0.15) is 42.0 Å². The summed E-state index contributed by atoms with van der Waals surface area (Å²) < 4.78 is 5.68. The van der Waals surface area contributed by atoms with Gasteiger partial charge in [-0.05, 0) is 68.8 Å². The Labute approximate surface area is 122 Å². The molecule has 1 aliphatic carbocycles. The van der Waals surface area contributed by atoms with Crippen LogP contribution in [0.3, 0.4) is 0 Å². The van der Waals surface area contributed by atoms with Gasteiger partial charge in [0.25, 0.3) is 0 Å². The van der Waals surface area contributed by atoms with Crippen LogP contribution in [0.25, 0.3) is 0 Å². The fourth-order valence-corrected chi connectivity index (χ4v) is 3.99. The number of aryl methyl sites for hydroxylation is 1. The molecular formula is C17H26N2O. The second kappa shape index (κ2) is 5.74. The van der Waals surface area contributed by atoms with E-state index in [1.54, 1.807) is 12.7 Å². The fourth-order valence-electron chi connectivity index (χ4n) is 3.99. The van der Waals surface area contributed by atoms with E-state index in [2.05, 4.69) is 24.1 Å². The summed E-state index contributed by atoms with van der Waals surface area (Å²) in [5, 5.41) is 0. The minimum Gasteiger partial charge on any atom is -0.496 e. The minimum absolute atomic E-state index is 0.478. The van der Waals surface area contributed by atoms with Gasteiger partial charge >= 0.3 is 0 Å². The molecule has 1 saturated heterocycles. The molecule has 2 N–H and O–H groups in total. The standard InChI is InChI=1S/C17H26N2O/c1-19-11-12(10-18)9-15(19)17-14-6-4-3-5-13(14)7-8-16(17)20-2/h7-8,12,15H,3-6,9-11,18H2,1-2H3. The summed E-state index contributed by atoms with van der Waals surface area (Å²) >= 11 is 0. The molecule has 3 nitrogen and oxygen atoms in total. The SMILES string of the molecule is COc1ccc2c(c1C1CC(CN)CN1C)CCCC2. The summed E-state index contributed by atoms with van der Waals surface area (Å²) in [7, 11) is 4.02. The van der Waals surface area contributed by atoms with Crippen LogP contribution in [0, 0.1) is 5.92 Å². The molecule has 1 fully saturated rings. The quantitative estimate of drug-likeness (QED) is 0.920. The van der Waals surface area contributed by atoms with Crippen LogP contribution in [0.5, 0.6) is 5.75 Å². The van der Waals surface area contributed by atoms with Crippen molar-refractivity contribution in [2.45, 2.75) is 38.1 Å². The van der Waals surface area contributed by atoms with E-state index >= 15 is 0 Å². The predicted molar refractivity (Wildman–Crippen MR) is 82.2 cm³/mol. The van der Waals surface area contributed by atoms with Gasteiger partial charge in [0, 0.05) is 18.2 Å². The molecule has 2 unspecified atom stereocenters. The van der Waals surface area contributed by atoms with Crippen molar-refractivity contribution in [1.29, 1.82) is 0 Å². The maximum Gasteiger partial charge on any atom is 0.123 e. The Kier molecular flexibility index (Phi) is 3.99. The van der Waals surface area contributed by atoms with E-state index in [1.165, 1.54) is 43.2 Å². The molecule has 1 heterocycles. The van der Waals surface area contributed by atoms with Crippen LogP contribution in [0.2, 0.25) is 0 Å². The first-order valence-corrected chi connectivity index (χ1v) is 7.83. The largest absolute Gasteiger partial charge is 0.496 e. The number of nitrogens with zero attached hydrogens (tertiary/aromatic N) is 1. The molecule has 2 aliphatic rings. The zero-order valence-electron chi connectivity index (χ0n) is 12.7. The predicted octanol–water partition coefficient (Wildman–Crippen LogP) is 2.53. The molecule has 0 amide bonds. The van der Waals surface area contributed by atoms with Crippen molar-refractivity contribution in [2.24, 2.45) is 11.7 Å². The third kappa shape index (κ3) is 2.33. The van der Waals surface area contributed by atoms with Crippen LogP contribution in [0.15, 0.2) is 12.1 Å². The highest BCUT2D eigenvalue weighted by Crippen LogP contribution is 2.42. The zero-order valence-corrected chi connectivity index (χ0v) is 12.7. The summed E-state index contributed by atoms with van der Waals surface area (Å²) in [5.41, 5.74) is 10.4. The molecule has 1 aliphatic heterocycles. The summed E-state index contributed by atoms with van der Waals surface area (Å²) in [6.45, 7) is 1.90. The first kappa shape index (κ1) is 13.9. The Morgan fingerprint density at radius 3 is 2.80 bits per heavy atom. The van der Waals surface area contributed by atoms with E-state index < -0.39 is 0 Å². The minimum atomic E-state index is 0.478. The highest BCUT2D eigenvalue weighted by Gasteiger charge is 2.34. The number of benzene rings is 1. The number of fused-ring (bicyclic) bond motifs is 1.